The fourth-order valence-corrected chi connectivity index (χ4v) is 3.77. The number of hydrogen-bond donors (Lipinski definition) is 4. The molecule has 0 amide bonds. The van der Waals surface area contributed by atoms with Crippen LogP contribution in [0.5, 0.6) is 0 Å². The van der Waals surface area contributed by atoms with E-state index in [2.05, 4.69) is 0 Å². The van der Waals surface area contributed by atoms with E-state index in [1.165, 1.54) is 24.3 Å². The first kappa shape index (κ1) is 27.1. The Labute approximate surface area is 221 Å². The number of nitrogens with two attached hydrogens (primary N) is 4. The molecule has 4 aromatic rings. The van der Waals surface area contributed by atoms with Crippen LogP contribution in [0, 0.1) is 20.2 Å². The van der Waals surface area contributed by atoms with Gasteiger partial charge in [-0.2, -0.15) is 0 Å². The van der Waals surface area contributed by atoms with E-state index in [4.69, 9.17) is 46.1 Å². The minimum absolute atomic E-state index is 0.0312. The standard InChI is InChI=1S/C13H12Cl2N2.C12H10N4O4/c14-10-6-8(1-3-12(10)16)5-9-2-4-13(17)11(15)7-9;13-9-3-1-7(5-11(9)15(17)18)8-2-4-10(14)12(6-8)16(19)20/h1-4,6-7H,5,16-17H2;1-6H,13-14H2. The van der Waals surface area contributed by atoms with Crippen molar-refractivity contribution in [3.8, 4) is 11.1 Å². The van der Waals surface area contributed by atoms with Gasteiger partial charge in [-0.15, -0.1) is 0 Å². The topological polar surface area (TPSA) is 190 Å². The summed E-state index contributed by atoms with van der Waals surface area (Å²) < 4.78 is 0. The van der Waals surface area contributed by atoms with E-state index in [-0.39, 0.29) is 22.7 Å². The molecule has 0 unspecified atom stereocenters. The predicted octanol–water partition coefficient (Wildman–Crippen LogP) is 6.08. The van der Waals surface area contributed by atoms with E-state index >= 15 is 0 Å². The highest BCUT2D eigenvalue weighted by Crippen LogP contribution is 2.32. The predicted molar refractivity (Wildman–Crippen MR) is 149 cm³/mol. The van der Waals surface area contributed by atoms with E-state index in [1.807, 2.05) is 24.3 Å². The number of nitrogen functional groups attached to an aromatic ring is 4. The molecule has 0 aromatic heterocycles. The lowest BCUT2D eigenvalue weighted by Crippen LogP contribution is -1.97. The molecule has 37 heavy (non-hydrogen) atoms. The normalized spacial score (nSPS) is 10.3. The molecule has 12 heteroatoms. The Morgan fingerprint density at radius 2 is 0.919 bits per heavy atom. The molecule has 0 saturated carbocycles. The molecule has 0 aliphatic rings. The Morgan fingerprint density at radius 3 is 1.24 bits per heavy atom. The number of hydrogen-bond acceptors (Lipinski definition) is 8. The van der Waals surface area contributed by atoms with Crippen LogP contribution in [0.15, 0.2) is 72.8 Å². The molecule has 190 valence electrons. The average molecular weight is 541 g/mol. The van der Waals surface area contributed by atoms with Crippen molar-refractivity contribution >= 4 is 57.3 Å². The van der Waals surface area contributed by atoms with Gasteiger partial charge in [-0.25, -0.2) is 0 Å². The van der Waals surface area contributed by atoms with Crippen molar-refractivity contribution in [1.82, 2.24) is 0 Å². The lowest BCUT2D eigenvalue weighted by molar-refractivity contribution is -0.384. The monoisotopic (exact) mass is 540 g/mol. The number of nitro benzene ring substituents is 2. The van der Waals surface area contributed by atoms with E-state index < -0.39 is 9.85 Å². The van der Waals surface area contributed by atoms with E-state index in [0.29, 0.717) is 32.5 Å². The van der Waals surface area contributed by atoms with Crippen molar-refractivity contribution in [3.63, 3.8) is 0 Å². The van der Waals surface area contributed by atoms with Gasteiger partial charge >= 0.3 is 0 Å². The van der Waals surface area contributed by atoms with Gasteiger partial charge in [-0.05, 0) is 65.1 Å². The highest BCUT2D eigenvalue weighted by Gasteiger charge is 2.16. The molecule has 0 aliphatic heterocycles. The summed E-state index contributed by atoms with van der Waals surface area (Å²) in [5.74, 6) is 0. The van der Waals surface area contributed by atoms with E-state index in [9.17, 15) is 20.2 Å². The first-order valence-electron chi connectivity index (χ1n) is 10.6. The van der Waals surface area contributed by atoms with Gasteiger partial charge in [0.1, 0.15) is 11.4 Å². The zero-order chi connectivity index (χ0) is 27.3. The number of anilines is 4. The fraction of sp³-hybridized carbons (Fsp3) is 0.0400. The van der Waals surface area contributed by atoms with Crippen LogP contribution in [-0.4, -0.2) is 9.85 Å². The minimum atomic E-state index is -0.607. The molecule has 0 spiro atoms. The SMILES string of the molecule is Nc1ccc(-c2ccc(N)c([N+](=O)[O-])c2)cc1[N+](=O)[O-].Nc1ccc(Cc2ccc(N)c(Cl)c2)cc1Cl. The third-order valence-electron chi connectivity index (χ3n) is 5.33. The number of nitrogens with zero attached hydrogens (tertiary/aromatic N) is 2. The fourth-order valence-electron chi connectivity index (χ4n) is 3.36. The Balaban J connectivity index is 0.000000208. The number of rotatable bonds is 5. The van der Waals surface area contributed by atoms with E-state index in [1.54, 1.807) is 24.3 Å². The molecule has 0 saturated heterocycles. The average Bonchev–Trinajstić information content (AvgIpc) is 2.84. The lowest BCUT2D eigenvalue weighted by Gasteiger charge is -2.06. The third-order valence-corrected chi connectivity index (χ3v) is 5.98. The van der Waals surface area contributed by atoms with Crippen LogP contribution in [0.3, 0.4) is 0 Å². The van der Waals surface area contributed by atoms with Gasteiger partial charge in [-0.1, -0.05) is 47.5 Å². The number of halogens is 2. The lowest BCUT2D eigenvalue weighted by atomic mass is 10.0. The van der Waals surface area contributed by atoms with Crippen LogP contribution in [0.2, 0.25) is 10.0 Å². The second-order valence-corrected chi connectivity index (χ2v) is 8.76. The van der Waals surface area contributed by atoms with Gasteiger partial charge < -0.3 is 22.9 Å². The van der Waals surface area contributed by atoms with Crippen molar-refractivity contribution in [3.05, 3.63) is 114 Å². The van der Waals surface area contributed by atoms with Crippen LogP contribution in [0.1, 0.15) is 11.1 Å². The summed E-state index contributed by atoms with van der Waals surface area (Å²) in [6, 6.07) is 19.6. The van der Waals surface area contributed by atoms with E-state index in [0.717, 1.165) is 17.5 Å². The van der Waals surface area contributed by atoms with Crippen molar-refractivity contribution in [2.75, 3.05) is 22.9 Å². The van der Waals surface area contributed by atoms with Crippen LogP contribution in [0.4, 0.5) is 34.1 Å². The molecule has 0 bridgehead atoms. The zero-order valence-corrected chi connectivity index (χ0v) is 20.7. The van der Waals surface area contributed by atoms with Crippen molar-refractivity contribution < 1.29 is 9.85 Å². The molecule has 0 aliphatic carbocycles. The number of benzene rings is 4. The molecule has 4 aromatic carbocycles. The Bertz CT molecular complexity index is 1390. The maximum atomic E-state index is 10.8. The second kappa shape index (κ2) is 11.5. The van der Waals surface area contributed by atoms with Gasteiger partial charge in [0.05, 0.1) is 31.3 Å². The summed E-state index contributed by atoms with van der Waals surface area (Å²) in [4.78, 5) is 20.5. The van der Waals surface area contributed by atoms with Gasteiger partial charge in [0.15, 0.2) is 0 Å². The van der Waals surface area contributed by atoms with Crippen molar-refractivity contribution in [2.24, 2.45) is 0 Å². The van der Waals surface area contributed by atoms with Gasteiger partial charge in [0.2, 0.25) is 0 Å². The maximum Gasteiger partial charge on any atom is 0.292 e. The Morgan fingerprint density at radius 1 is 0.568 bits per heavy atom. The molecule has 4 rings (SSSR count). The Kier molecular flexibility index (Phi) is 8.38. The first-order chi connectivity index (χ1) is 17.5. The molecule has 0 radical (unpaired) electrons. The molecule has 0 fully saturated rings. The largest absolute Gasteiger partial charge is 0.398 e. The molecule has 10 nitrogen and oxygen atoms in total. The highest BCUT2D eigenvalue weighted by atomic mass is 35.5. The second-order valence-electron chi connectivity index (χ2n) is 7.95. The summed E-state index contributed by atoms with van der Waals surface area (Å²) in [5.41, 5.74) is 26.1. The minimum Gasteiger partial charge on any atom is -0.398 e. The molecule has 0 atom stereocenters. The van der Waals surface area contributed by atoms with Crippen LogP contribution >= 0.6 is 23.2 Å². The summed E-state index contributed by atoms with van der Waals surface area (Å²) in [7, 11) is 0. The zero-order valence-electron chi connectivity index (χ0n) is 19.2. The highest BCUT2D eigenvalue weighted by molar-refractivity contribution is 6.33. The number of nitro groups is 2. The smallest absolute Gasteiger partial charge is 0.292 e. The van der Waals surface area contributed by atoms with Crippen molar-refractivity contribution in [1.29, 1.82) is 0 Å². The van der Waals surface area contributed by atoms with Gasteiger partial charge in [-0.3, -0.25) is 20.2 Å². The van der Waals surface area contributed by atoms with Crippen LogP contribution in [0.25, 0.3) is 11.1 Å². The summed E-state index contributed by atoms with van der Waals surface area (Å²) >= 11 is 11.9. The maximum absolute atomic E-state index is 10.8. The first-order valence-corrected chi connectivity index (χ1v) is 11.4. The Hall–Kier alpha value is -4.54. The van der Waals surface area contributed by atoms with Gasteiger partial charge in [0.25, 0.3) is 11.4 Å². The van der Waals surface area contributed by atoms with Gasteiger partial charge in [0, 0.05) is 12.1 Å². The summed E-state index contributed by atoms with van der Waals surface area (Å²) in [5, 5.41) is 22.8. The van der Waals surface area contributed by atoms with Crippen LogP contribution < -0.4 is 22.9 Å². The quantitative estimate of drug-likeness (QED) is 0.133. The molecule has 0 heterocycles. The summed E-state index contributed by atoms with van der Waals surface area (Å²) in [6.45, 7) is 0. The van der Waals surface area contributed by atoms with Crippen molar-refractivity contribution in [2.45, 2.75) is 6.42 Å². The molecular weight excluding hydrogens is 519 g/mol. The molecule has 8 N–H and O–H groups in total. The van der Waals surface area contributed by atoms with Crippen LogP contribution in [-0.2, 0) is 6.42 Å². The third kappa shape index (κ3) is 6.78. The molecular formula is C25H22Cl2N6O4. The summed E-state index contributed by atoms with van der Waals surface area (Å²) in [6.07, 6.45) is 0.750.